The predicted molar refractivity (Wildman–Crippen MR) is 96.1 cm³/mol. The van der Waals surface area contributed by atoms with Gasteiger partial charge in [-0.2, -0.15) is 0 Å². The molecule has 0 saturated heterocycles. The Morgan fingerprint density at radius 3 is 2.50 bits per heavy atom. The number of halogens is 2. The van der Waals surface area contributed by atoms with Crippen molar-refractivity contribution < 1.29 is 13.6 Å². The van der Waals surface area contributed by atoms with Crippen molar-refractivity contribution in [3.63, 3.8) is 0 Å². The molecule has 1 N–H and O–H groups in total. The van der Waals surface area contributed by atoms with Gasteiger partial charge in [-0.25, -0.2) is 13.8 Å². The minimum absolute atomic E-state index is 0.255. The van der Waals surface area contributed by atoms with Crippen LogP contribution in [0.25, 0.3) is 0 Å². The summed E-state index contributed by atoms with van der Waals surface area (Å²) in [6, 6.07) is 15.3. The SMILES string of the molecule is CN(Cc1cccc(F)c1)C(=O)c1cccnc1Nc1cccc(F)c1. The molecule has 26 heavy (non-hydrogen) atoms. The average molecular weight is 353 g/mol. The molecule has 3 aromatic rings. The van der Waals surface area contributed by atoms with E-state index in [4.69, 9.17) is 0 Å². The fourth-order valence-corrected chi connectivity index (χ4v) is 2.57. The summed E-state index contributed by atoms with van der Waals surface area (Å²) in [5.41, 5.74) is 1.52. The Bertz CT molecular complexity index is 930. The number of nitrogens with zero attached hydrogens (tertiary/aromatic N) is 2. The second kappa shape index (κ2) is 7.74. The molecule has 0 unspecified atom stereocenters. The molecule has 0 fully saturated rings. The molecule has 0 bridgehead atoms. The van der Waals surface area contributed by atoms with Crippen molar-refractivity contribution >= 4 is 17.4 Å². The minimum atomic E-state index is -0.387. The molecule has 1 amide bonds. The second-order valence-electron chi connectivity index (χ2n) is 5.83. The summed E-state index contributed by atoms with van der Waals surface area (Å²) in [4.78, 5) is 18.5. The molecule has 0 aliphatic heterocycles. The molecular weight excluding hydrogens is 336 g/mol. The Labute approximate surface area is 150 Å². The Morgan fingerprint density at radius 1 is 1.04 bits per heavy atom. The molecule has 0 atom stereocenters. The summed E-state index contributed by atoms with van der Waals surface area (Å²) in [7, 11) is 1.63. The number of pyridine rings is 1. The molecular formula is C20H17F2N3O. The van der Waals surface area contributed by atoms with Crippen LogP contribution in [0.4, 0.5) is 20.3 Å². The highest BCUT2D eigenvalue weighted by Gasteiger charge is 2.17. The van der Waals surface area contributed by atoms with Crippen LogP contribution in [-0.2, 0) is 6.54 Å². The van der Waals surface area contributed by atoms with Crippen LogP contribution < -0.4 is 5.32 Å². The van der Waals surface area contributed by atoms with Crippen molar-refractivity contribution in [2.75, 3.05) is 12.4 Å². The van der Waals surface area contributed by atoms with Gasteiger partial charge in [0.2, 0.25) is 0 Å². The van der Waals surface area contributed by atoms with Gasteiger partial charge in [-0.15, -0.1) is 0 Å². The Hall–Kier alpha value is -3.28. The molecule has 2 aromatic carbocycles. The van der Waals surface area contributed by atoms with Crippen molar-refractivity contribution in [1.29, 1.82) is 0 Å². The van der Waals surface area contributed by atoms with Gasteiger partial charge in [0, 0.05) is 25.5 Å². The maximum Gasteiger partial charge on any atom is 0.257 e. The molecule has 1 heterocycles. The third-order valence-electron chi connectivity index (χ3n) is 3.78. The molecule has 0 spiro atoms. The van der Waals surface area contributed by atoms with Gasteiger partial charge in [0.15, 0.2) is 0 Å². The van der Waals surface area contributed by atoms with E-state index in [0.29, 0.717) is 22.6 Å². The van der Waals surface area contributed by atoms with Crippen LogP contribution in [0.3, 0.4) is 0 Å². The van der Waals surface area contributed by atoms with Crippen molar-refractivity contribution in [2.24, 2.45) is 0 Å². The number of rotatable bonds is 5. The number of anilines is 2. The highest BCUT2D eigenvalue weighted by molar-refractivity contribution is 5.99. The van der Waals surface area contributed by atoms with Gasteiger partial charge in [0.05, 0.1) is 5.56 Å². The number of hydrogen-bond donors (Lipinski definition) is 1. The number of aromatic nitrogens is 1. The molecule has 132 valence electrons. The minimum Gasteiger partial charge on any atom is -0.339 e. The third-order valence-corrected chi connectivity index (χ3v) is 3.78. The standard InChI is InChI=1S/C20H17F2N3O/c1-25(13-14-5-2-6-15(21)11-14)20(26)18-9-4-10-23-19(18)24-17-8-3-7-16(22)12-17/h2-12H,13H2,1H3,(H,23,24). The van der Waals surface area contributed by atoms with Crippen LogP contribution >= 0.6 is 0 Å². The zero-order valence-electron chi connectivity index (χ0n) is 14.1. The van der Waals surface area contributed by atoms with E-state index < -0.39 is 0 Å². The van der Waals surface area contributed by atoms with E-state index in [0.717, 1.165) is 0 Å². The summed E-state index contributed by atoms with van der Waals surface area (Å²) in [6.07, 6.45) is 1.55. The van der Waals surface area contributed by atoms with E-state index >= 15 is 0 Å². The molecule has 0 saturated carbocycles. The second-order valence-corrected chi connectivity index (χ2v) is 5.83. The van der Waals surface area contributed by atoms with Gasteiger partial charge >= 0.3 is 0 Å². The van der Waals surface area contributed by atoms with Crippen LogP contribution in [-0.4, -0.2) is 22.8 Å². The van der Waals surface area contributed by atoms with E-state index in [1.165, 1.54) is 29.2 Å². The largest absolute Gasteiger partial charge is 0.339 e. The predicted octanol–water partition coefficient (Wildman–Crippen LogP) is 4.38. The summed E-state index contributed by atoms with van der Waals surface area (Å²) in [5.74, 6) is -0.685. The van der Waals surface area contributed by atoms with Crippen molar-refractivity contribution in [2.45, 2.75) is 6.54 Å². The monoisotopic (exact) mass is 353 g/mol. The molecule has 0 aliphatic rings. The Kier molecular flexibility index (Phi) is 5.22. The normalized spacial score (nSPS) is 10.4. The van der Waals surface area contributed by atoms with E-state index in [9.17, 15) is 13.6 Å². The maximum absolute atomic E-state index is 13.4. The van der Waals surface area contributed by atoms with Gasteiger partial charge in [-0.05, 0) is 48.0 Å². The van der Waals surface area contributed by atoms with Crippen molar-refractivity contribution in [3.05, 3.63) is 89.6 Å². The van der Waals surface area contributed by atoms with Crippen molar-refractivity contribution in [1.82, 2.24) is 9.88 Å². The summed E-state index contributed by atoms with van der Waals surface area (Å²) in [6.45, 7) is 0.255. The fourth-order valence-electron chi connectivity index (χ4n) is 2.57. The first kappa shape index (κ1) is 17.5. The lowest BCUT2D eigenvalue weighted by Gasteiger charge is -2.19. The van der Waals surface area contributed by atoms with Gasteiger partial charge < -0.3 is 10.2 Å². The van der Waals surface area contributed by atoms with Gasteiger partial charge in [-0.3, -0.25) is 4.79 Å². The molecule has 1 aromatic heterocycles. The molecule has 0 aliphatic carbocycles. The van der Waals surface area contributed by atoms with Crippen LogP contribution in [0, 0.1) is 11.6 Å². The smallest absolute Gasteiger partial charge is 0.257 e. The number of hydrogen-bond acceptors (Lipinski definition) is 3. The molecule has 3 rings (SSSR count). The van der Waals surface area contributed by atoms with Gasteiger partial charge in [0.25, 0.3) is 5.91 Å². The van der Waals surface area contributed by atoms with Crippen LogP contribution in [0.2, 0.25) is 0 Å². The quantitative estimate of drug-likeness (QED) is 0.741. The maximum atomic E-state index is 13.4. The van der Waals surface area contributed by atoms with Gasteiger partial charge in [-0.1, -0.05) is 18.2 Å². The summed E-state index contributed by atoms with van der Waals surface area (Å²) in [5, 5.41) is 2.96. The number of carbonyl (C=O) groups excluding carboxylic acids is 1. The Morgan fingerprint density at radius 2 is 1.77 bits per heavy atom. The highest BCUT2D eigenvalue weighted by Crippen LogP contribution is 2.21. The Balaban J connectivity index is 1.81. The zero-order valence-corrected chi connectivity index (χ0v) is 14.1. The van der Waals surface area contributed by atoms with E-state index in [2.05, 4.69) is 10.3 Å². The molecule has 0 radical (unpaired) electrons. The van der Waals surface area contributed by atoms with Crippen LogP contribution in [0.1, 0.15) is 15.9 Å². The first-order valence-electron chi connectivity index (χ1n) is 8.00. The van der Waals surface area contributed by atoms with E-state index in [1.54, 1.807) is 49.6 Å². The number of carbonyl (C=O) groups is 1. The summed E-state index contributed by atoms with van der Waals surface area (Å²) < 4.78 is 26.7. The molecule has 6 heteroatoms. The zero-order chi connectivity index (χ0) is 18.5. The van der Waals surface area contributed by atoms with Crippen LogP contribution in [0.15, 0.2) is 66.9 Å². The van der Waals surface area contributed by atoms with Crippen LogP contribution in [0.5, 0.6) is 0 Å². The third kappa shape index (κ3) is 4.22. The van der Waals surface area contributed by atoms with Crippen molar-refractivity contribution in [3.8, 4) is 0 Å². The lowest BCUT2D eigenvalue weighted by atomic mass is 10.1. The topological polar surface area (TPSA) is 45.2 Å². The first-order chi connectivity index (χ1) is 12.5. The van der Waals surface area contributed by atoms with E-state index in [1.807, 2.05) is 0 Å². The number of nitrogens with one attached hydrogen (secondary N) is 1. The molecule has 4 nitrogen and oxygen atoms in total. The van der Waals surface area contributed by atoms with E-state index in [-0.39, 0.29) is 24.1 Å². The first-order valence-corrected chi connectivity index (χ1v) is 8.00. The lowest BCUT2D eigenvalue weighted by molar-refractivity contribution is 0.0785. The average Bonchev–Trinajstić information content (AvgIpc) is 2.61. The number of benzene rings is 2. The number of amides is 1. The highest BCUT2D eigenvalue weighted by atomic mass is 19.1. The lowest BCUT2D eigenvalue weighted by Crippen LogP contribution is -2.27. The van der Waals surface area contributed by atoms with Gasteiger partial charge in [0.1, 0.15) is 17.5 Å². The fraction of sp³-hybridized carbons (Fsp3) is 0.100. The summed E-state index contributed by atoms with van der Waals surface area (Å²) >= 11 is 0.